The van der Waals surface area contributed by atoms with Gasteiger partial charge in [0, 0.05) is 6.54 Å². The molecule has 1 aliphatic rings. The van der Waals surface area contributed by atoms with Gasteiger partial charge in [0.1, 0.15) is 0 Å². The molecule has 1 aromatic heterocycles. The van der Waals surface area contributed by atoms with Gasteiger partial charge in [-0.1, -0.05) is 0 Å². The number of rotatable bonds is 5. The zero-order valence-corrected chi connectivity index (χ0v) is 12.8. The van der Waals surface area contributed by atoms with E-state index < -0.39 is 0 Å². The highest BCUT2D eigenvalue weighted by atomic mass is 79.9. The highest BCUT2D eigenvalue weighted by Crippen LogP contribution is 2.25. The molecule has 0 unspecified atom stereocenters. The Hall–Kier alpha value is 0.100. The maximum Gasteiger partial charge on any atom is 0.0701 e. The predicted molar refractivity (Wildman–Crippen MR) is 78.6 cm³/mol. The molecule has 1 N–H and O–H groups in total. The first kappa shape index (κ1) is 13.5. The molecule has 0 amide bonds. The molecule has 96 valence electrons. The van der Waals surface area contributed by atoms with Gasteiger partial charge in [-0.2, -0.15) is 0 Å². The van der Waals surface area contributed by atoms with Crippen molar-refractivity contribution in [3.05, 3.63) is 20.8 Å². The molecular weight excluding hydrogens is 296 g/mol. The second-order valence-electron chi connectivity index (χ2n) is 4.87. The second-order valence-corrected chi connectivity index (χ2v) is 7.16. The van der Waals surface area contributed by atoms with E-state index in [1.807, 2.05) is 7.05 Å². The van der Waals surface area contributed by atoms with E-state index in [9.17, 15) is 0 Å². The molecule has 0 bridgehead atoms. The number of likely N-dealkylation sites (tertiary alicyclic amines) is 1. The molecule has 2 nitrogen and oxygen atoms in total. The van der Waals surface area contributed by atoms with Gasteiger partial charge in [-0.3, -0.25) is 4.90 Å². The molecular formula is C13H21BrN2S. The Labute approximate surface area is 117 Å². The fourth-order valence-electron chi connectivity index (χ4n) is 2.47. The first-order valence-corrected chi connectivity index (χ1v) is 8.05. The molecule has 17 heavy (non-hydrogen) atoms. The third-order valence-corrected chi connectivity index (χ3v) is 5.09. The second kappa shape index (κ2) is 6.88. The van der Waals surface area contributed by atoms with E-state index in [4.69, 9.17) is 0 Å². The van der Waals surface area contributed by atoms with Crippen LogP contribution in [0.2, 0.25) is 0 Å². The van der Waals surface area contributed by atoms with Crippen LogP contribution in [0.3, 0.4) is 0 Å². The lowest BCUT2D eigenvalue weighted by Crippen LogP contribution is -2.33. The summed E-state index contributed by atoms with van der Waals surface area (Å²) in [6, 6.07) is 2.25. The summed E-state index contributed by atoms with van der Waals surface area (Å²) in [5.74, 6) is 0.938. The highest BCUT2D eigenvalue weighted by molar-refractivity contribution is 9.11. The third-order valence-electron chi connectivity index (χ3n) is 3.54. The van der Waals surface area contributed by atoms with Gasteiger partial charge in [-0.05, 0) is 84.8 Å². The summed E-state index contributed by atoms with van der Waals surface area (Å²) < 4.78 is 1.25. The van der Waals surface area contributed by atoms with E-state index in [1.54, 1.807) is 11.3 Å². The van der Waals surface area contributed by atoms with E-state index in [-0.39, 0.29) is 0 Å². The maximum absolute atomic E-state index is 3.53. The summed E-state index contributed by atoms with van der Waals surface area (Å²) in [6.45, 7) is 4.83. The Kier molecular flexibility index (Phi) is 5.48. The lowest BCUT2D eigenvalue weighted by molar-refractivity contribution is 0.172. The largest absolute Gasteiger partial charge is 0.320 e. The van der Waals surface area contributed by atoms with E-state index in [0.717, 1.165) is 12.5 Å². The molecule has 0 aliphatic carbocycles. The van der Waals surface area contributed by atoms with Gasteiger partial charge in [-0.15, -0.1) is 11.3 Å². The van der Waals surface area contributed by atoms with Gasteiger partial charge in [0.25, 0.3) is 0 Å². The summed E-state index contributed by atoms with van der Waals surface area (Å²) in [4.78, 5) is 2.59. The minimum absolute atomic E-state index is 0.938. The smallest absolute Gasteiger partial charge is 0.0701 e. The van der Waals surface area contributed by atoms with E-state index in [0.29, 0.717) is 0 Å². The topological polar surface area (TPSA) is 15.3 Å². The van der Waals surface area contributed by atoms with Crippen LogP contribution in [0.15, 0.2) is 15.2 Å². The lowest BCUT2D eigenvalue weighted by atomic mass is 9.93. The Bertz CT molecular complexity index is 332. The molecule has 2 heterocycles. The molecule has 2 rings (SSSR count). The van der Waals surface area contributed by atoms with Crippen LogP contribution in [-0.2, 0) is 6.54 Å². The van der Waals surface area contributed by atoms with Crippen molar-refractivity contribution in [3.8, 4) is 0 Å². The van der Waals surface area contributed by atoms with Crippen molar-refractivity contribution in [1.82, 2.24) is 10.2 Å². The monoisotopic (exact) mass is 316 g/mol. The van der Waals surface area contributed by atoms with E-state index >= 15 is 0 Å². The Morgan fingerprint density at radius 2 is 2.24 bits per heavy atom. The fourth-order valence-corrected chi connectivity index (χ4v) is 3.67. The number of halogens is 1. The molecule has 0 aromatic carbocycles. The van der Waals surface area contributed by atoms with Crippen LogP contribution in [-0.4, -0.2) is 31.6 Å². The predicted octanol–water partition coefficient (Wildman–Crippen LogP) is 3.33. The summed E-state index contributed by atoms with van der Waals surface area (Å²) >= 11 is 5.31. The van der Waals surface area contributed by atoms with E-state index in [1.165, 1.54) is 48.2 Å². The molecule has 0 saturated carbocycles. The number of piperidine rings is 1. The summed E-state index contributed by atoms with van der Waals surface area (Å²) in [5.41, 5.74) is 1.45. The number of nitrogens with zero attached hydrogens (tertiary/aromatic N) is 1. The maximum atomic E-state index is 3.53. The van der Waals surface area contributed by atoms with Crippen molar-refractivity contribution < 1.29 is 0 Å². The van der Waals surface area contributed by atoms with Gasteiger partial charge in [-0.25, -0.2) is 0 Å². The van der Waals surface area contributed by atoms with Gasteiger partial charge < -0.3 is 5.32 Å². The minimum Gasteiger partial charge on any atom is -0.320 e. The number of hydrogen-bond acceptors (Lipinski definition) is 3. The molecule has 4 heteroatoms. The first-order chi connectivity index (χ1) is 8.28. The average Bonchev–Trinajstić information content (AvgIpc) is 2.74. The van der Waals surface area contributed by atoms with Gasteiger partial charge in [0.05, 0.1) is 3.79 Å². The van der Waals surface area contributed by atoms with Crippen molar-refractivity contribution in [2.75, 3.05) is 26.7 Å². The normalized spacial score (nSPS) is 18.7. The van der Waals surface area contributed by atoms with Crippen LogP contribution in [0.25, 0.3) is 0 Å². The van der Waals surface area contributed by atoms with Crippen molar-refractivity contribution in [2.24, 2.45) is 5.92 Å². The molecule has 1 aliphatic heterocycles. The van der Waals surface area contributed by atoms with Crippen molar-refractivity contribution in [3.63, 3.8) is 0 Å². The zero-order valence-electron chi connectivity index (χ0n) is 10.4. The summed E-state index contributed by atoms with van der Waals surface area (Å²) in [5, 5.41) is 5.51. The Morgan fingerprint density at radius 1 is 1.47 bits per heavy atom. The van der Waals surface area contributed by atoms with Crippen LogP contribution >= 0.6 is 27.3 Å². The van der Waals surface area contributed by atoms with E-state index in [2.05, 4.69) is 37.6 Å². The quantitative estimate of drug-likeness (QED) is 0.896. The third kappa shape index (κ3) is 4.36. The van der Waals surface area contributed by atoms with Crippen LogP contribution in [0.4, 0.5) is 0 Å². The average molecular weight is 317 g/mol. The molecule has 0 radical (unpaired) electrons. The van der Waals surface area contributed by atoms with Crippen molar-refractivity contribution >= 4 is 27.3 Å². The van der Waals surface area contributed by atoms with Gasteiger partial charge in [0.15, 0.2) is 0 Å². The SMILES string of the molecule is CNCCC1CCN(Cc2csc(Br)c2)CC1. The summed E-state index contributed by atoms with van der Waals surface area (Å²) in [7, 11) is 2.05. The van der Waals surface area contributed by atoms with Crippen LogP contribution in [0, 0.1) is 5.92 Å². The first-order valence-electron chi connectivity index (χ1n) is 6.38. The fraction of sp³-hybridized carbons (Fsp3) is 0.692. The zero-order chi connectivity index (χ0) is 12.1. The molecule has 1 saturated heterocycles. The number of hydrogen-bond donors (Lipinski definition) is 1. The Morgan fingerprint density at radius 3 is 2.82 bits per heavy atom. The number of thiophene rings is 1. The van der Waals surface area contributed by atoms with Gasteiger partial charge in [0.2, 0.25) is 0 Å². The molecule has 1 aromatic rings. The van der Waals surface area contributed by atoms with Crippen molar-refractivity contribution in [1.29, 1.82) is 0 Å². The lowest BCUT2D eigenvalue weighted by Gasteiger charge is -2.31. The number of nitrogens with one attached hydrogen (secondary N) is 1. The molecule has 0 atom stereocenters. The van der Waals surface area contributed by atoms with Gasteiger partial charge >= 0.3 is 0 Å². The van der Waals surface area contributed by atoms with Crippen LogP contribution in [0.1, 0.15) is 24.8 Å². The minimum atomic E-state index is 0.938. The summed E-state index contributed by atoms with van der Waals surface area (Å²) in [6.07, 6.45) is 4.08. The molecule has 1 fully saturated rings. The highest BCUT2D eigenvalue weighted by Gasteiger charge is 2.18. The molecule has 0 spiro atoms. The van der Waals surface area contributed by atoms with Crippen molar-refractivity contribution in [2.45, 2.75) is 25.8 Å². The van der Waals surface area contributed by atoms with Crippen LogP contribution in [0.5, 0.6) is 0 Å². The Balaban J connectivity index is 1.72. The standard InChI is InChI=1S/C13H21BrN2S/c1-15-5-2-11-3-6-16(7-4-11)9-12-8-13(14)17-10-12/h8,10-11,15H,2-7,9H2,1H3. The van der Waals surface area contributed by atoms with Crippen LogP contribution < -0.4 is 5.32 Å².